The molecule has 2 aliphatic heterocycles. The Hall–Kier alpha value is -3.38. The molecule has 0 spiro atoms. The summed E-state index contributed by atoms with van der Waals surface area (Å²) in [5, 5.41) is 11.3. The number of anilines is 1. The molecule has 6 nitrogen and oxygen atoms in total. The van der Waals surface area contributed by atoms with E-state index < -0.39 is 0 Å². The molecule has 5 rings (SSSR count). The number of imidazole rings is 1. The molecule has 176 valence electrons. The van der Waals surface area contributed by atoms with Gasteiger partial charge in [-0.05, 0) is 73.1 Å². The van der Waals surface area contributed by atoms with E-state index in [2.05, 4.69) is 45.6 Å². The lowest BCUT2D eigenvalue weighted by Gasteiger charge is -2.36. The number of carbonyl (C=O) groups excluding carboxylic acids is 1. The summed E-state index contributed by atoms with van der Waals surface area (Å²) < 4.78 is 7.01. The highest BCUT2D eigenvalue weighted by Crippen LogP contribution is 2.45. The fourth-order valence-corrected chi connectivity index (χ4v) is 5.52. The lowest BCUT2D eigenvalue weighted by Crippen LogP contribution is -2.38. The molecule has 0 bridgehead atoms. The van der Waals surface area contributed by atoms with Crippen molar-refractivity contribution in [1.29, 1.82) is 0 Å². The molecule has 1 fully saturated rings. The second-order valence-corrected chi connectivity index (χ2v) is 9.27. The summed E-state index contributed by atoms with van der Waals surface area (Å²) in [6, 6.07) is 18.2. The first-order valence-corrected chi connectivity index (χ1v) is 12.0. The highest BCUT2D eigenvalue weighted by atomic mass is 16.5. The van der Waals surface area contributed by atoms with Crippen LogP contribution in [0.4, 0.5) is 5.69 Å². The second kappa shape index (κ2) is 9.47. The van der Waals surface area contributed by atoms with E-state index in [1.807, 2.05) is 42.9 Å². The van der Waals surface area contributed by atoms with Crippen LogP contribution in [0.15, 0.2) is 67.1 Å². The van der Waals surface area contributed by atoms with E-state index >= 15 is 0 Å². The predicted molar refractivity (Wildman–Crippen MR) is 134 cm³/mol. The fourth-order valence-electron chi connectivity index (χ4n) is 5.52. The third-order valence-electron chi connectivity index (χ3n) is 7.41. The number of fused-ring (bicyclic) bond motifs is 1. The van der Waals surface area contributed by atoms with Gasteiger partial charge in [0.25, 0.3) is 0 Å². The van der Waals surface area contributed by atoms with Gasteiger partial charge in [0, 0.05) is 18.8 Å². The molecule has 3 aromatic rings. The van der Waals surface area contributed by atoms with Gasteiger partial charge in [-0.1, -0.05) is 30.3 Å². The third-order valence-corrected chi connectivity index (χ3v) is 7.41. The van der Waals surface area contributed by atoms with Crippen molar-refractivity contribution in [2.75, 3.05) is 25.1 Å². The standard InChI is InChI=1S/C28H31N3O3/c1-19-25-17-29-18-31(25)24(27(19)21-6-4-3-5-7-21)16-26(32)20-12-14-30(15-13-20)23-10-8-22(9-11-23)28(33)34-2/h3-11,17-18,20,24,26,32H,12-16H2,1-2H3. The van der Waals surface area contributed by atoms with Crippen LogP contribution in [-0.4, -0.2) is 46.9 Å². The molecule has 34 heavy (non-hydrogen) atoms. The highest BCUT2D eigenvalue weighted by molar-refractivity contribution is 5.93. The summed E-state index contributed by atoms with van der Waals surface area (Å²) in [4.78, 5) is 18.4. The number of benzene rings is 2. The summed E-state index contributed by atoms with van der Waals surface area (Å²) in [6.45, 7) is 3.94. The van der Waals surface area contributed by atoms with E-state index in [0.717, 1.165) is 37.3 Å². The normalized spacial score (nSPS) is 19.3. The van der Waals surface area contributed by atoms with Crippen LogP contribution in [-0.2, 0) is 4.74 Å². The molecule has 0 radical (unpaired) electrons. The van der Waals surface area contributed by atoms with Gasteiger partial charge in [0.15, 0.2) is 0 Å². The number of hydrogen-bond acceptors (Lipinski definition) is 5. The minimum Gasteiger partial charge on any atom is -0.465 e. The van der Waals surface area contributed by atoms with Crippen LogP contribution in [0.3, 0.4) is 0 Å². The molecular formula is C28H31N3O3. The number of nitrogens with zero attached hydrogens (tertiary/aromatic N) is 3. The zero-order chi connectivity index (χ0) is 23.7. The Morgan fingerprint density at radius 2 is 1.82 bits per heavy atom. The molecule has 0 amide bonds. The van der Waals surface area contributed by atoms with Gasteiger partial charge in [-0.25, -0.2) is 9.78 Å². The van der Waals surface area contributed by atoms with Gasteiger partial charge in [-0.2, -0.15) is 0 Å². The molecule has 0 aliphatic carbocycles. The number of ether oxygens (including phenoxy) is 1. The van der Waals surface area contributed by atoms with E-state index in [4.69, 9.17) is 4.74 Å². The molecule has 1 N–H and O–H groups in total. The monoisotopic (exact) mass is 457 g/mol. The maximum atomic E-state index is 11.7. The van der Waals surface area contributed by atoms with Crippen LogP contribution >= 0.6 is 0 Å². The van der Waals surface area contributed by atoms with Crippen molar-refractivity contribution in [3.05, 3.63) is 83.9 Å². The lowest BCUT2D eigenvalue weighted by atomic mass is 9.85. The van der Waals surface area contributed by atoms with Crippen molar-refractivity contribution < 1.29 is 14.6 Å². The number of aliphatic hydroxyl groups is 1. The Morgan fingerprint density at radius 1 is 1.12 bits per heavy atom. The Kier molecular flexibility index (Phi) is 6.24. The lowest BCUT2D eigenvalue weighted by molar-refractivity contribution is 0.0600. The van der Waals surface area contributed by atoms with Gasteiger partial charge in [-0.3, -0.25) is 0 Å². The van der Waals surface area contributed by atoms with Crippen molar-refractivity contribution in [1.82, 2.24) is 9.55 Å². The predicted octanol–water partition coefficient (Wildman–Crippen LogP) is 4.82. The SMILES string of the molecule is COC(=O)c1ccc(N2CCC(C(O)CC3C(c4ccccc4)=C(C)c4cncn43)CC2)cc1. The number of piperidine rings is 1. The first kappa shape index (κ1) is 22.4. The average molecular weight is 458 g/mol. The summed E-state index contributed by atoms with van der Waals surface area (Å²) in [7, 11) is 1.39. The van der Waals surface area contributed by atoms with Gasteiger partial charge < -0.3 is 19.3 Å². The largest absolute Gasteiger partial charge is 0.465 e. The van der Waals surface area contributed by atoms with E-state index in [1.165, 1.54) is 23.8 Å². The maximum Gasteiger partial charge on any atom is 0.337 e. The van der Waals surface area contributed by atoms with Crippen molar-refractivity contribution in [2.24, 2.45) is 5.92 Å². The van der Waals surface area contributed by atoms with Gasteiger partial charge in [-0.15, -0.1) is 0 Å². The molecule has 2 atom stereocenters. The zero-order valence-corrected chi connectivity index (χ0v) is 19.7. The Bertz CT molecular complexity index is 1180. The molecule has 1 aromatic heterocycles. The molecule has 2 unspecified atom stereocenters. The second-order valence-electron chi connectivity index (χ2n) is 9.27. The van der Waals surface area contributed by atoms with Gasteiger partial charge >= 0.3 is 5.97 Å². The Labute approximate surface area is 200 Å². The number of carbonyl (C=O) groups is 1. The number of esters is 1. The minimum absolute atomic E-state index is 0.0961. The molecule has 6 heteroatoms. The quantitative estimate of drug-likeness (QED) is 0.538. The molecule has 1 saturated heterocycles. The zero-order valence-electron chi connectivity index (χ0n) is 19.7. The van der Waals surface area contributed by atoms with Crippen LogP contribution in [0.5, 0.6) is 0 Å². The van der Waals surface area contributed by atoms with Gasteiger partial charge in [0.05, 0.1) is 43.0 Å². The number of allylic oxidation sites excluding steroid dienone is 2. The molecule has 3 heterocycles. The molecule has 2 aromatic carbocycles. The maximum absolute atomic E-state index is 11.7. The summed E-state index contributed by atoms with van der Waals surface area (Å²) in [6.07, 6.45) is 6.00. The van der Waals surface area contributed by atoms with Crippen molar-refractivity contribution in [3.8, 4) is 0 Å². The van der Waals surface area contributed by atoms with Crippen molar-refractivity contribution in [3.63, 3.8) is 0 Å². The number of aromatic nitrogens is 2. The van der Waals surface area contributed by atoms with E-state index in [0.29, 0.717) is 12.0 Å². The number of rotatable bonds is 6. The van der Waals surface area contributed by atoms with Gasteiger partial charge in [0.1, 0.15) is 0 Å². The average Bonchev–Trinajstić information content (AvgIpc) is 3.47. The van der Waals surface area contributed by atoms with Crippen LogP contribution in [0.2, 0.25) is 0 Å². The Morgan fingerprint density at radius 3 is 2.50 bits per heavy atom. The van der Waals surface area contributed by atoms with Crippen LogP contribution in [0.1, 0.15) is 53.8 Å². The van der Waals surface area contributed by atoms with Crippen LogP contribution in [0.25, 0.3) is 11.1 Å². The van der Waals surface area contributed by atoms with Crippen LogP contribution < -0.4 is 4.90 Å². The first-order valence-electron chi connectivity index (χ1n) is 12.0. The van der Waals surface area contributed by atoms with E-state index in [9.17, 15) is 9.90 Å². The van der Waals surface area contributed by atoms with E-state index in [-0.39, 0.29) is 24.0 Å². The summed E-state index contributed by atoms with van der Waals surface area (Å²) in [5.41, 5.74) is 6.55. The van der Waals surface area contributed by atoms with Crippen molar-refractivity contribution in [2.45, 2.75) is 38.3 Å². The number of hydrogen-bond donors (Lipinski definition) is 1. The smallest absolute Gasteiger partial charge is 0.337 e. The fraction of sp³-hybridized carbons (Fsp3) is 0.357. The number of aliphatic hydroxyl groups excluding tert-OH is 1. The number of methoxy groups -OCH3 is 1. The topological polar surface area (TPSA) is 67.6 Å². The van der Waals surface area contributed by atoms with Crippen LogP contribution in [0, 0.1) is 5.92 Å². The first-order chi connectivity index (χ1) is 16.6. The van der Waals surface area contributed by atoms with Gasteiger partial charge in [0.2, 0.25) is 0 Å². The molecule has 2 aliphatic rings. The Balaban J connectivity index is 1.25. The molecule has 0 saturated carbocycles. The summed E-state index contributed by atoms with van der Waals surface area (Å²) >= 11 is 0. The summed E-state index contributed by atoms with van der Waals surface area (Å²) in [5.74, 6) is -0.0593. The third kappa shape index (κ3) is 4.14. The highest BCUT2D eigenvalue weighted by Gasteiger charge is 2.34. The molecular weight excluding hydrogens is 426 g/mol. The van der Waals surface area contributed by atoms with E-state index in [1.54, 1.807) is 0 Å². The van der Waals surface area contributed by atoms with Crippen molar-refractivity contribution >= 4 is 22.8 Å². The minimum atomic E-state index is -0.381.